The summed E-state index contributed by atoms with van der Waals surface area (Å²) in [5.74, 6) is -5.57. The molecule has 14 nitrogen and oxygen atoms in total. The Hall–Kier alpha value is -2.81. The summed E-state index contributed by atoms with van der Waals surface area (Å²) in [6.07, 6.45) is -0.649. The predicted octanol–water partition coefficient (Wildman–Crippen LogP) is -7.01. The fraction of sp³-hybridized carbons (Fsp3) is 0.615. The van der Waals surface area contributed by atoms with Gasteiger partial charge in [-0.1, -0.05) is 0 Å². The SMILES string of the molecule is NC(=O)C[C@H](NC(=O)[C@@H]([NH3+])CO)C(=O)N[C@@H](CO)C(=O)N[C@@H](CO)C(=O)O. The molecule has 0 unspecified atom stereocenters. The van der Waals surface area contributed by atoms with Crippen molar-refractivity contribution >= 4 is 29.6 Å². The average Bonchev–Trinajstić information content (AvgIpc) is 2.61. The summed E-state index contributed by atoms with van der Waals surface area (Å²) in [5.41, 5.74) is 8.32. The number of aliphatic carboxylic acids is 1. The van der Waals surface area contributed by atoms with Crippen LogP contribution in [0.3, 0.4) is 0 Å². The van der Waals surface area contributed by atoms with Crippen molar-refractivity contribution in [1.29, 1.82) is 0 Å². The molecule has 0 aliphatic carbocycles. The number of aliphatic hydroxyl groups is 3. The molecule has 0 spiro atoms. The van der Waals surface area contributed by atoms with Crippen molar-refractivity contribution in [2.45, 2.75) is 30.6 Å². The first kappa shape index (κ1) is 24.2. The highest BCUT2D eigenvalue weighted by Gasteiger charge is 2.31. The summed E-state index contributed by atoms with van der Waals surface area (Å²) >= 11 is 0. The van der Waals surface area contributed by atoms with Crippen molar-refractivity contribution in [3.8, 4) is 0 Å². The Morgan fingerprint density at radius 1 is 0.778 bits per heavy atom. The second-order valence-corrected chi connectivity index (χ2v) is 5.44. The molecule has 0 heterocycles. The number of nitrogens with two attached hydrogens (primary N) is 1. The van der Waals surface area contributed by atoms with Gasteiger partial charge in [-0.2, -0.15) is 0 Å². The standard InChI is InChI=1S/C13H23N5O9/c14-5(2-19)10(23)16-6(1-9(15)22)11(24)17-7(3-20)12(25)18-8(4-21)13(26)27/h5-8,19-21H,1-4,14H2,(H2,15,22)(H,16,23)(H,17,24)(H,18,25)(H,26,27)/p+1/t5-,6-,7-,8-/m0/s1. The number of hydrogen-bond acceptors (Lipinski definition) is 8. The van der Waals surface area contributed by atoms with E-state index in [9.17, 15) is 29.1 Å². The summed E-state index contributed by atoms with van der Waals surface area (Å²) in [4.78, 5) is 57.7. The lowest BCUT2D eigenvalue weighted by atomic mass is 10.1. The van der Waals surface area contributed by atoms with Gasteiger partial charge in [-0.3, -0.25) is 19.2 Å². The third kappa shape index (κ3) is 8.41. The molecule has 0 saturated heterocycles. The quantitative estimate of drug-likeness (QED) is 0.152. The zero-order valence-electron chi connectivity index (χ0n) is 14.3. The van der Waals surface area contributed by atoms with Crippen LogP contribution in [0, 0.1) is 0 Å². The minimum Gasteiger partial charge on any atom is -0.480 e. The number of primary amides is 1. The maximum Gasteiger partial charge on any atom is 0.328 e. The molecular weight excluding hydrogens is 370 g/mol. The minimum atomic E-state index is -1.67. The largest absolute Gasteiger partial charge is 0.480 e. The van der Waals surface area contributed by atoms with Gasteiger partial charge in [0.1, 0.15) is 24.7 Å². The molecule has 4 atom stereocenters. The maximum atomic E-state index is 12.2. The summed E-state index contributed by atoms with van der Waals surface area (Å²) in [5, 5.41) is 41.8. The van der Waals surface area contributed by atoms with Gasteiger partial charge in [-0.05, 0) is 0 Å². The van der Waals surface area contributed by atoms with Gasteiger partial charge in [0, 0.05) is 0 Å². The fourth-order valence-corrected chi connectivity index (χ4v) is 1.71. The van der Waals surface area contributed by atoms with Crippen LogP contribution in [0.15, 0.2) is 0 Å². The maximum absolute atomic E-state index is 12.2. The Morgan fingerprint density at radius 2 is 1.22 bits per heavy atom. The monoisotopic (exact) mass is 394 g/mol. The molecule has 0 radical (unpaired) electrons. The van der Waals surface area contributed by atoms with E-state index in [1.54, 1.807) is 0 Å². The van der Waals surface area contributed by atoms with Crippen molar-refractivity contribution < 1.29 is 50.1 Å². The number of nitrogens with one attached hydrogen (secondary N) is 3. The lowest BCUT2D eigenvalue weighted by Crippen LogP contribution is -2.70. The van der Waals surface area contributed by atoms with E-state index in [2.05, 4.69) is 11.1 Å². The number of aliphatic hydroxyl groups excluding tert-OH is 3. The number of quaternary nitrogens is 1. The highest BCUT2D eigenvalue weighted by molar-refractivity contribution is 5.96. The second-order valence-electron chi connectivity index (χ2n) is 5.44. The second kappa shape index (κ2) is 11.7. The highest BCUT2D eigenvalue weighted by atomic mass is 16.4. The molecule has 12 N–H and O–H groups in total. The van der Waals surface area contributed by atoms with Gasteiger partial charge >= 0.3 is 5.97 Å². The molecule has 0 aromatic heterocycles. The molecule has 0 aromatic carbocycles. The van der Waals surface area contributed by atoms with Gasteiger partial charge in [0.15, 0.2) is 6.04 Å². The summed E-state index contributed by atoms with van der Waals surface area (Å²) in [7, 11) is 0. The van der Waals surface area contributed by atoms with Crippen LogP contribution in [-0.2, 0) is 24.0 Å². The van der Waals surface area contributed by atoms with Crippen molar-refractivity contribution in [2.24, 2.45) is 5.73 Å². The normalized spacial score (nSPS) is 15.0. The number of carbonyl (C=O) groups excluding carboxylic acids is 4. The van der Waals surface area contributed by atoms with E-state index < -0.39 is 80.0 Å². The first-order chi connectivity index (χ1) is 12.6. The predicted molar refractivity (Wildman–Crippen MR) is 85.2 cm³/mol. The zero-order valence-corrected chi connectivity index (χ0v) is 14.3. The molecular formula is C13H24N5O9+. The van der Waals surface area contributed by atoms with Crippen LogP contribution in [0.2, 0.25) is 0 Å². The van der Waals surface area contributed by atoms with Crippen LogP contribution in [0.4, 0.5) is 0 Å². The number of hydrogen-bond donors (Lipinski definition) is 9. The average molecular weight is 394 g/mol. The van der Waals surface area contributed by atoms with E-state index in [0.29, 0.717) is 0 Å². The van der Waals surface area contributed by atoms with E-state index in [4.69, 9.17) is 21.1 Å². The first-order valence-electron chi connectivity index (χ1n) is 7.65. The van der Waals surface area contributed by atoms with Gasteiger partial charge in [0.25, 0.3) is 5.91 Å². The number of carboxylic acid groups (broad SMARTS) is 1. The number of amides is 4. The van der Waals surface area contributed by atoms with Crippen LogP contribution in [0.5, 0.6) is 0 Å². The van der Waals surface area contributed by atoms with Crippen molar-refractivity contribution in [2.75, 3.05) is 19.8 Å². The molecule has 0 rings (SSSR count). The van der Waals surface area contributed by atoms with E-state index in [0.717, 1.165) is 0 Å². The fourth-order valence-electron chi connectivity index (χ4n) is 1.71. The summed E-state index contributed by atoms with van der Waals surface area (Å²) in [6.45, 7) is -2.50. The summed E-state index contributed by atoms with van der Waals surface area (Å²) in [6, 6.07) is -5.96. The van der Waals surface area contributed by atoms with Crippen LogP contribution < -0.4 is 27.4 Å². The lowest BCUT2D eigenvalue weighted by molar-refractivity contribution is -0.409. The molecule has 14 heteroatoms. The molecule has 0 saturated carbocycles. The molecule has 0 aliphatic heterocycles. The number of rotatable bonds is 12. The topological polar surface area (TPSA) is 256 Å². The third-order valence-corrected chi connectivity index (χ3v) is 3.24. The molecule has 0 fully saturated rings. The van der Waals surface area contributed by atoms with Crippen molar-refractivity contribution in [3.63, 3.8) is 0 Å². The van der Waals surface area contributed by atoms with E-state index in [-0.39, 0.29) is 0 Å². The van der Waals surface area contributed by atoms with Crippen molar-refractivity contribution in [1.82, 2.24) is 16.0 Å². The Balaban J connectivity index is 5.13. The molecule has 27 heavy (non-hydrogen) atoms. The Kier molecular flexibility index (Phi) is 10.5. The minimum absolute atomic E-state index is 0.629. The van der Waals surface area contributed by atoms with Crippen LogP contribution in [-0.4, -0.2) is 94.0 Å². The Labute approximate surface area is 152 Å². The highest BCUT2D eigenvalue weighted by Crippen LogP contribution is 1.96. The number of carboxylic acids is 1. The van der Waals surface area contributed by atoms with E-state index in [1.807, 2.05) is 10.6 Å². The first-order valence-corrected chi connectivity index (χ1v) is 7.65. The number of carbonyl (C=O) groups is 5. The van der Waals surface area contributed by atoms with E-state index >= 15 is 0 Å². The molecule has 154 valence electrons. The lowest BCUT2D eigenvalue weighted by Gasteiger charge is -2.22. The van der Waals surface area contributed by atoms with Gasteiger partial charge in [0.05, 0.1) is 19.6 Å². The smallest absolute Gasteiger partial charge is 0.328 e. The van der Waals surface area contributed by atoms with Gasteiger partial charge in [-0.15, -0.1) is 0 Å². The Bertz CT molecular complexity index is 570. The van der Waals surface area contributed by atoms with Crippen LogP contribution in [0.25, 0.3) is 0 Å². The molecule has 0 aliphatic rings. The van der Waals surface area contributed by atoms with E-state index in [1.165, 1.54) is 0 Å². The summed E-state index contributed by atoms with van der Waals surface area (Å²) < 4.78 is 0. The Morgan fingerprint density at radius 3 is 1.63 bits per heavy atom. The van der Waals surface area contributed by atoms with Gasteiger partial charge in [0.2, 0.25) is 17.7 Å². The molecule has 4 amide bonds. The zero-order chi connectivity index (χ0) is 21.1. The van der Waals surface area contributed by atoms with Crippen molar-refractivity contribution in [3.05, 3.63) is 0 Å². The van der Waals surface area contributed by atoms with Gasteiger partial charge < -0.3 is 47.8 Å². The molecule has 0 bridgehead atoms. The van der Waals surface area contributed by atoms with Crippen LogP contribution in [0.1, 0.15) is 6.42 Å². The third-order valence-electron chi connectivity index (χ3n) is 3.24. The van der Waals surface area contributed by atoms with Crippen LogP contribution >= 0.6 is 0 Å². The van der Waals surface area contributed by atoms with Gasteiger partial charge in [-0.25, -0.2) is 4.79 Å². The molecule has 0 aromatic rings.